The third kappa shape index (κ3) is 3.17. The molecule has 0 saturated heterocycles. The van der Waals surface area contributed by atoms with Gasteiger partial charge in [0.1, 0.15) is 5.69 Å². The number of hydrogen-bond acceptors (Lipinski definition) is 4. The van der Waals surface area contributed by atoms with Crippen LogP contribution >= 0.6 is 11.6 Å². The topological polar surface area (TPSA) is 73.0 Å². The van der Waals surface area contributed by atoms with Gasteiger partial charge in [-0.3, -0.25) is 10.1 Å². The predicted molar refractivity (Wildman–Crippen MR) is 89.8 cm³/mol. The van der Waals surface area contributed by atoms with Crippen molar-refractivity contribution in [2.75, 3.05) is 5.32 Å². The van der Waals surface area contributed by atoms with E-state index in [1.54, 1.807) is 11.7 Å². The summed E-state index contributed by atoms with van der Waals surface area (Å²) in [5.41, 5.74) is 1.67. The van der Waals surface area contributed by atoms with E-state index in [0.717, 1.165) is 18.4 Å². The molecule has 1 N–H and O–H groups in total. The van der Waals surface area contributed by atoms with Crippen LogP contribution in [0.2, 0.25) is 5.02 Å². The number of nitrogens with one attached hydrogen (secondary N) is 1. The normalized spacial score (nSPS) is 15.4. The monoisotopic (exact) mass is 334 g/mol. The minimum absolute atomic E-state index is 0.0334. The van der Waals surface area contributed by atoms with Gasteiger partial charge in [0.15, 0.2) is 0 Å². The van der Waals surface area contributed by atoms with Crippen LogP contribution in [0.25, 0.3) is 0 Å². The summed E-state index contributed by atoms with van der Waals surface area (Å²) in [6.45, 7) is 1.87. The van der Waals surface area contributed by atoms with Crippen molar-refractivity contribution >= 4 is 23.1 Å². The van der Waals surface area contributed by atoms with Crippen LogP contribution < -0.4 is 5.32 Å². The maximum Gasteiger partial charge on any atom is 0.333 e. The molecule has 1 heterocycles. The molecule has 1 unspecified atom stereocenters. The Bertz CT molecular complexity index is 722. The average molecular weight is 335 g/mol. The van der Waals surface area contributed by atoms with Crippen LogP contribution in [0.1, 0.15) is 37.1 Å². The Balaban J connectivity index is 1.96. The van der Waals surface area contributed by atoms with Crippen LogP contribution in [-0.4, -0.2) is 14.7 Å². The molecule has 2 aromatic rings. The predicted octanol–water partition coefficient (Wildman–Crippen LogP) is 4.11. The first-order chi connectivity index (χ1) is 11.0. The first-order valence-electron chi connectivity index (χ1n) is 7.73. The maximum absolute atomic E-state index is 11.5. The average Bonchev–Trinajstić information content (AvgIpc) is 3.30. The largest absolute Gasteiger partial charge is 0.357 e. The highest BCUT2D eigenvalue weighted by atomic mass is 35.5. The fraction of sp³-hybridized carbons (Fsp3) is 0.438. The number of nitrogens with zero attached hydrogens (tertiary/aromatic N) is 3. The van der Waals surface area contributed by atoms with Gasteiger partial charge in [-0.1, -0.05) is 30.7 Å². The molecule has 122 valence electrons. The van der Waals surface area contributed by atoms with E-state index in [0.29, 0.717) is 28.9 Å². The van der Waals surface area contributed by atoms with Gasteiger partial charge in [0.2, 0.25) is 5.82 Å². The standard InChI is InChI=1S/C16H19ClN4O2/c1-3-13-15(21(22)23)16(20(2)19-13)18-14(10-4-5-10)11-6-8-12(17)9-7-11/h6-10,14,18H,3-5H2,1-2H3. The van der Waals surface area contributed by atoms with Crippen molar-refractivity contribution in [3.8, 4) is 0 Å². The number of rotatable bonds is 6. The summed E-state index contributed by atoms with van der Waals surface area (Å²) >= 11 is 5.96. The van der Waals surface area contributed by atoms with E-state index in [9.17, 15) is 10.1 Å². The summed E-state index contributed by atoms with van der Waals surface area (Å²) in [5.74, 6) is 0.953. The summed E-state index contributed by atoms with van der Waals surface area (Å²) in [4.78, 5) is 11.1. The van der Waals surface area contributed by atoms with E-state index < -0.39 is 0 Å². The van der Waals surface area contributed by atoms with Gasteiger partial charge >= 0.3 is 5.69 Å². The van der Waals surface area contributed by atoms with E-state index in [1.807, 2.05) is 31.2 Å². The molecule has 1 aliphatic carbocycles. The lowest BCUT2D eigenvalue weighted by Gasteiger charge is -2.19. The van der Waals surface area contributed by atoms with Gasteiger partial charge in [0, 0.05) is 12.1 Å². The molecule has 1 aromatic heterocycles. The first kappa shape index (κ1) is 15.8. The third-order valence-electron chi connectivity index (χ3n) is 4.22. The Morgan fingerprint density at radius 2 is 2.09 bits per heavy atom. The Hall–Kier alpha value is -2.08. The molecular weight excluding hydrogens is 316 g/mol. The highest BCUT2D eigenvalue weighted by Gasteiger charge is 2.35. The zero-order valence-corrected chi connectivity index (χ0v) is 13.9. The molecule has 7 heteroatoms. The molecule has 1 saturated carbocycles. The fourth-order valence-corrected chi connectivity index (χ4v) is 3.01. The molecule has 3 rings (SSSR count). The highest BCUT2D eigenvalue weighted by Crippen LogP contribution is 2.44. The molecule has 23 heavy (non-hydrogen) atoms. The molecule has 6 nitrogen and oxygen atoms in total. The van der Waals surface area contributed by atoms with Crippen LogP contribution in [0, 0.1) is 16.0 Å². The number of aryl methyl sites for hydroxylation is 2. The fourth-order valence-electron chi connectivity index (χ4n) is 2.88. The third-order valence-corrected chi connectivity index (χ3v) is 4.48. The van der Waals surface area contributed by atoms with Crippen LogP contribution in [0.3, 0.4) is 0 Å². The first-order valence-corrected chi connectivity index (χ1v) is 8.11. The second kappa shape index (κ2) is 6.20. The van der Waals surface area contributed by atoms with Gasteiger partial charge in [0.25, 0.3) is 0 Å². The lowest BCUT2D eigenvalue weighted by atomic mass is 10.0. The quantitative estimate of drug-likeness (QED) is 0.637. The lowest BCUT2D eigenvalue weighted by Crippen LogP contribution is -2.16. The van der Waals surface area contributed by atoms with E-state index in [4.69, 9.17) is 11.6 Å². The second-order valence-electron chi connectivity index (χ2n) is 5.89. The van der Waals surface area contributed by atoms with Crippen molar-refractivity contribution in [2.24, 2.45) is 13.0 Å². The van der Waals surface area contributed by atoms with E-state index >= 15 is 0 Å². The van der Waals surface area contributed by atoms with Gasteiger partial charge in [0.05, 0.1) is 11.0 Å². The zero-order valence-electron chi connectivity index (χ0n) is 13.1. The van der Waals surface area contributed by atoms with Crippen molar-refractivity contribution in [1.29, 1.82) is 0 Å². The number of halogens is 1. The van der Waals surface area contributed by atoms with E-state index in [-0.39, 0.29) is 16.7 Å². The van der Waals surface area contributed by atoms with Crippen LogP contribution in [0.5, 0.6) is 0 Å². The maximum atomic E-state index is 11.5. The van der Waals surface area contributed by atoms with Gasteiger partial charge in [-0.05, 0) is 42.9 Å². The van der Waals surface area contributed by atoms with Crippen molar-refractivity contribution < 1.29 is 4.92 Å². The van der Waals surface area contributed by atoms with Crippen molar-refractivity contribution in [2.45, 2.75) is 32.2 Å². The van der Waals surface area contributed by atoms with E-state index in [2.05, 4.69) is 10.4 Å². The van der Waals surface area contributed by atoms with Crippen LogP contribution in [0.15, 0.2) is 24.3 Å². The van der Waals surface area contributed by atoms with Crippen molar-refractivity contribution in [1.82, 2.24) is 9.78 Å². The molecule has 0 aliphatic heterocycles. The number of nitro groups is 1. The summed E-state index contributed by atoms with van der Waals surface area (Å²) in [7, 11) is 1.74. The van der Waals surface area contributed by atoms with Gasteiger partial charge in [-0.25, -0.2) is 4.68 Å². The summed E-state index contributed by atoms with van der Waals surface area (Å²) in [5, 5.41) is 19.8. The summed E-state index contributed by atoms with van der Waals surface area (Å²) in [6.07, 6.45) is 2.76. The van der Waals surface area contributed by atoms with Gasteiger partial charge < -0.3 is 5.32 Å². The summed E-state index contributed by atoms with van der Waals surface area (Å²) < 4.78 is 1.57. The smallest absolute Gasteiger partial charge is 0.333 e. The van der Waals surface area contributed by atoms with E-state index in [1.165, 1.54) is 0 Å². The molecule has 0 amide bonds. The highest BCUT2D eigenvalue weighted by molar-refractivity contribution is 6.30. The minimum Gasteiger partial charge on any atom is -0.357 e. The zero-order chi connectivity index (χ0) is 16.6. The Morgan fingerprint density at radius 1 is 1.43 bits per heavy atom. The van der Waals surface area contributed by atoms with Crippen molar-refractivity contribution in [3.05, 3.63) is 50.7 Å². The summed E-state index contributed by atoms with van der Waals surface area (Å²) in [6, 6.07) is 7.68. The number of benzene rings is 1. The van der Waals surface area contributed by atoms with Crippen LogP contribution in [-0.2, 0) is 13.5 Å². The Labute approximate surface area is 139 Å². The molecular formula is C16H19ClN4O2. The molecule has 0 spiro atoms. The molecule has 1 aromatic carbocycles. The van der Waals surface area contributed by atoms with Crippen LogP contribution in [0.4, 0.5) is 11.5 Å². The Morgan fingerprint density at radius 3 is 2.61 bits per heavy atom. The molecule has 0 bridgehead atoms. The number of hydrogen-bond donors (Lipinski definition) is 1. The molecule has 0 radical (unpaired) electrons. The molecule has 1 aliphatic rings. The SMILES string of the molecule is CCc1nn(C)c(NC(c2ccc(Cl)cc2)C2CC2)c1[N+](=O)[O-]. The molecule has 1 atom stereocenters. The van der Waals surface area contributed by atoms with Gasteiger partial charge in [-0.15, -0.1) is 0 Å². The minimum atomic E-state index is -0.347. The van der Waals surface area contributed by atoms with Crippen molar-refractivity contribution in [3.63, 3.8) is 0 Å². The number of aromatic nitrogens is 2. The number of anilines is 1. The second-order valence-corrected chi connectivity index (χ2v) is 6.33. The molecule has 1 fully saturated rings. The Kier molecular flexibility index (Phi) is 4.26. The van der Waals surface area contributed by atoms with Gasteiger partial charge in [-0.2, -0.15) is 5.10 Å². The lowest BCUT2D eigenvalue weighted by molar-refractivity contribution is -0.384.